The van der Waals surface area contributed by atoms with E-state index in [0.717, 1.165) is 5.56 Å². The van der Waals surface area contributed by atoms with Crippen LogP contribution in [0.15, 0.2) is 18.2 Å². The van der Waals surface area contributed by atoms with Gasteiger partial charge in [0.05, 0.1) is 31.7 Å². The van der Waals surface area contributed by atoms with Crippen LogP contribution >= 0.6 is 12.4 Å². The van der Waals surface area contributed by atoms with Crippen LogP contribution in [0.5, 0.6) is 0 Å². The highest BCUT2D eigenvalue weighted by Crippen LogP contribution is 2.28. The summed E-state index contributed by atoms with van der Waals surface area (Å²) < 4.78 is 11.2. The SMILES string of the molecule is COC(CN)CC(=O)N1CC(c2cc(C)ccc2C)OCC1C.Cl. The first kappa shape index (κ1) is 20.9. The minimum Gasteiger partial charge on any atom is -0.380 e. The van der Waals surface area contributed by atoms with Gasteiger partial charge in [0.1, 0.15) is 6.10 Å². The molecule has 1 fully saturated rings. The number of ether oxygens (including phenoxy) is 2. The van der Waals surface area contributed by atoms with E-state index in [1.165, 1.54) is 11.1 Å². The second-order valence-electron chi connectivity index (χ2n) is 6.37. The van der Waals surface area contributed by atoms with E-state index in [1.54, 1.807) is 7.11 Å². The van der Waals surface area contributed by atoms with Crippen molar-refractivity contribution in [1.82, 2.24) is 4.90 Å². The number of hydrogen-bond donors (Lipinski definition) is 1. The van der Waals surface area contributed by atoms with Crippen LogP contribution in [0.25, 0.3) is 0 Å². The van der Waals surface area contributed by atoms with E-state index >= 15 is 0 Å². The van der Waals surface area contributed by atoms with E-state index in [1.807, 2.05) is 11.8 Å². The third-order valence-electron chi connectivity index (χ3n) is 4.53. The van der Waals surface area contributed by atoms with Crippen LogP contribution in [-0.2, 0) is 14.3 Å². The van der Waals surface area contributed by atoms with E-state index in [-0.39, 0.29) is 36.6 Å². The molecule has 1 heterocycles. The number of amides is 1. The summed E-state index contributed by atoms with van der Waals surface area (Å²) in [6.07, 6.45) is 0.0160. The molecule has 1 aliphatic heterocycles. The molecule has 1 saturated heterocycles. The first-order chi connectivity index (χ1) is 11.0. The van der Waals surface area contributed by atoms with Crippen molar-refractivity contribution < 1.29 is 14.3 Å². The van der Waals surface area contributed by atoms with E-state index in [9.17, 15) is 4.79 Å². The van der Waals surface area contributed by atoms with Crippen LogP contribution in [0.2, 0.25) is 0 Å². The van der Waals surface area contributed by atoms with Crippen LogP contribution in [0.3, 0.4) is 0 Å². The van der Waals surface area contributed by atoms with Gasteiger partial charge in [-0.2, -0.15) is 0 Å². The van der Waals surface area contributed by atoms with Gasteiger partial charge < -0.3 is 20.1 Å². The first-order valence-corrected chi connectivity index (χ1v) is 8.17. The van der Waals surface area contributed by atoms with Gasteiger partial charge >= 0.3 is 0 Å². The molecule has 0 radical (unpaired) electrons. The first-order valence-electron chi connectivity index (χ1n) is 8.17. The van der Waals surface area contributed by atoms with Gasteiger partial charge in [0.15, 0.2) is 0 Å². The molecule has 1 aliphatic rings. The van der Waals surface area contributed by atoms with Crippen molar-refractivity contribution in [2.45, 2.75) is 45.4 Å². The average Bonchev–Trinajstić information content (AvgIpc) is 2.55. The fourth-order valence-corrected chi connectivity index (χ4v) is 2.97. The van der Waals surface area contributed by atoms with Gasteiger partial charge in [0, 0.05) is 13.7 Å². The topological polar surface area (TPSA) is 64.8 Å². The van der Waals surface area contributed by atoms with Crippen molar-refractivity contribution in [2.24, 2.45) is 5.73 Å². The number of benzene rings is 1. The summed E-state index contributed by atoms with van der Waals surface area (Å²) in [6.45, 7) is 7.64. The molecular formula is C18H29ClN2O3. The maximum absolute atomic E-state index is 12.6. The lowest BCUT2D eigenvalue weighted by molar-refractivity contribution is -0.146. The van der Waals surface area contributed by atoms with E-state index in [0.29, 0.717) is 26.1 Å². The Bertz CT molecular complexity index is 549. The van der Waals surface area contributed by atoms with Gasteiger partial charge in [-0.1, -0.05) is 23.8 Å². The average molecular weight is 357 g/mol. The van der Waals surface area contributed by atoms with Crippen molar-refractivity contribution in [2.75, 3.05) is 26.8 Å². The number of nitrogens with zero attached hydrogens (tertiary/aromatic N) is 1. The lowest BCUT2D eigenvalue weighted by Gasteiger charge is -2.39. The van der Waals surface area contributed by atoms with Crippen LogP contribution in [0.1, 0.15) is 36.1 Å². The zero-order chi connectivity index (χ0) is 17.0. The second-order valence-corrected chi connectivity index (χ2v) is 6.37. The maximum Gasteiger partial charge on any atom is 0.225 e. The number of halogens is 1. The number of carbonyl (C=O) groups excluding carboxylic acids is 1. The molecule has 0 spiro atoms. The molecular weight excluding hydrogens is 328 g/mol. The Balaban J connectivity index is 0.00000288. The fourth-order valence-electron chi connectivity index (χ4n) is 2.97. The van der Waals surface area contributed by atoms with E-state index in [2.05, 4.69) is 32.0 Å². The summed E-state index contributed by atoms with van der Waals surface area (Å²) in [7, 11) is 1.59. The van der Waals surface area contributed by atoms with Gasteiger partial charge in [-0.15, -0.1) is 12.4 Å². The highest BCUT2D eigenvalue weighted by molar-refractivity contribution is 5.85. The predicted octanol–water partition coefficient (Wildman–Crippen LogP) is 2.38. The minimum absolute atomic E-state index is 0. The summed E-state index contributed by atoms with van der Waals surface area (Å²) in [6, 6.07) is 6.42. The molecule has 3 unspecified atom stereocenters. The third kappa shape index (κ3) is 4.93. The van der Waals surface area contributed by atoms with Gasteiger partial charge in [-0.05, 0) is 31.9 Å². The number of nitrogens with two attached hydrogens (primary N) is 1. The molecule has 1 aromatic rings. The zero-order valence-corrected chi connectivity index (χ0v) is 15.8. The van der Waals surface area contributed by atoms with Gasteiger partial charge in [0.2, 0.25) is 5.91 Å². The van der Waals surface area contributed by atoms with Crippen molar-refractivity contribution >= 4 is 18.3 Å². The number of carbonyl (C=O) groups is 1. The fraction of sp³-hybridized carbons (Fsp3) is 0.611. The Hall–Kier alpha value is -1.14. The lowest BCUT2D eigenvalue weighted by atomic mass is 9.98. The van der Waals surface area contributed by atoms with Crippen molar-refractivity contribution in [1.29, 1.82) is 0 Å². The Kier molecular flexibility index (Phi) is 8.16. The van der Waals surface area contributed by atoms with Crippen LogP contribution in [0.4, 0.5) is 0 Å². The molecule has 136 valence electrons. The molecule has 6 heteroatoms. The standard InChI is InChI=1S/C18H28N2O3.ClH/c1-12-5-6-13(2)16(7-12)17-10-20(14(3)11-23-17)18(21)8-15(9-19)22-4;/h5-7,14-15,17H,8-11,19H2,1-4H3;1H. The largest absolute Gasteiger partial charge is 0.380 e. The summed E-state index contributed by atoms with van der Waals surface area (Å²) >= 11 is 0. The quantitative estimate of drug-likeness (QED) is 0.879. The Morgan fingerprint density at radius 3 is 2.79 bits per heavy atom. The molecule has 2 N–H and O–H groups in total. The molecule has 3 atom stereocenters. The van der Waals surface area contributed by atoms with Crippen molar-refractivity contribution in [3.63, 3.8) is 0 Å². The maximum atomic E-state index is 12.6. The molecule has 0 bridgehead atoms. The van der Waals surface area contributed by atoms with Crippen molar-refractivity contribution in [3.8, 4) is 0 Å². The molecule has 2 rings (SSSR count). The predicted molar refractivity (Wildman–Crippen MR) is 97.5 cm³/mol. The van der Waals surface area contributed by atoms with E-state index < -0.39 is 0 Å². The van der Waals surface area contributed by atoms with E-state index in [4.69, 9.17) is 15.2 Å². The lowest BCUT2D eigenvalue weighted by Crippen LogP contribution is -2.49. The summed E-state index contributed by atoms with van der Waals surface area (Å²) in [5.74, 6) is 0.0772. The smallest absolute Gasteiger partial charge is 0.225 e. The summed E-state index contributed by atoms with van der Waals surface area (Å²) in [5.41, 5.74) is 9.19. The molecule has 1 amide bonds. The molecule has 24 heavy (non-hydrogen) atoms. The van der Waals surface area contributed by atoms with Crippen LogP contribution in [-0.4, -0.2) is 49.8 Å². The van der Waals surface area contributed by atoms with Gasteiger partial charge in [-0.3, -0.25) is 4.79 Å². The second kappa shape index (κ2) is 9.37. The number of methoxy groups -OCH3 is 1. The number of rotatable bonds is 5. The number of aryl methyl sites for hydroxylation is 2. The molecule has 5 nitrogen and oxygen atoms in total. The highest BCUT2D eigenvalue weighted by atomic mass is 35.5. The molecule has 0 saturated carbocycles. The Morgan fingerprint density at radius 1 is 1.46 bits per heavy atom. The number of hydrogen-bond acceptors (Lipinski definition) is 4. The molecule has 1 aromatic carbocycles. The third-order valence-corrected chi connectivity index (χ3v) is 4.53. The monoisotopic (exact) mass is 356 g/mol. The van der Waals surface area contributed by atoms with Gasteiger partial charge in [0.25, 0.3) is 0 Å². The molecule has 0 aromatic heterocycles. The Morgan fingerprint density at radius 2 is 2.17 bits per heavy atom. The normalized spacial score (nSPS) is 22.0. The highest BCUT2D eigenvalue weighted by Gasteiger charge is 2.31. The number of morpholine rings is 1. The summed E-state index contributed by atoms with van der Waals surface area (Å²) in [4.78, 5) is 14.5. The minimum atomic E-state index is -0.225. The Labute approximate surface area is 150 Å². The van der Waals surface area contributed by atoms with Crippen LogP contribution < -0.4 is 5.73 Å². The van der Waals surface area contributed by atoms with Crippen molar-refractivity contribution in [3.05, 3.63) is 34.9 Å². The molecule has 0 aliphatic carbocycles. The zero-order valence-electron chi connectivity index (χ0n) is 15.0. The van der Waals surface area contributed by atoms with Gasteiger partial charge in [-0.25, -0.2) is 0 Å². The van der Waals surface area contributed by atoms with Crippen LogP contribution in [0, 0.1) is 13.8 Å². The summed E-state index contributed by atoms with van der Waals surface area (Å²) in [5, 5.41) is 0.